The Morgan fingerprint density at radius 3 is 1.29 bits per heavy atom. The zero-order chi connectivity index (χ0) is 34.7. The average Bonchev–Trinajstić information content (AvgIpc) is 3.57. The number of para-hydroxylation sites is 5. The van der Waals surface area contributed by atoms with Crippen LogP contribution < -0.4 is 15.1 Å². The summed E-state index contributed by atoms with van der Waals surface area (Å²) < 4.78 is 2.54. The van der Waals surface area contributed by atoms with Gasteiger partial charge in [-0.3, -0.25) is 0 Å². The molecule has 1 heterocycles. The van der Waals surface area contributed by atoms with Crippen LogP contribution in [0.3, 0.4) is 0 Å². The van der Waals surface area contributed by atoms with E-state index in [2.05, 4.69) is 215 Å². The van der Waals surface area contributed by atoms with Crippen LogP contribution in [-0.2, 0) is 0 Å². The summed E-state index contributed by atoms with van der Waals surface area (Å²) >= 11 is 1.84. The molecule has 1 aromatic heterocycles. The molecule has 0 spiro atoms. The van der Waals surface area contributed by atoms with Gasteiger partial charge in [0.15, 0.2) is 0 Å². The van der Waals surface area contributed by atoms with Gasteiger partial charge in [-0.15, -0.1) is 11.3 Å². The second-order valence-electron chi connectivity index (χ2n) is 12.8. The van der Waals surface area contributed by atoms with E-state index in [4.69, 9.17) is 0 Å². The number of anilines is 8. The Hall–Kier alpha value is -6.62. The predicted octanol–water partition coefficient (Wildman–Crippen LogP) is 14.4. The Bertz CT molecular complexity index is 2410. The number of fused-ring (bicyclic) bond motifs is 3. The van der Waals surface area contributed by atoms with E-state index in [0.717, 1.165) is 51.1 Å². The molecule has 9 aromatic rings. The first-order valence-corrected chi connectivity index (χ1v) is 18.3. The number of rotatable bonds is 9. The molecule has 3 nitrogen and oxygen atoms in total. The van der Waals surface area contributed by atoms with Crippen molar-refractivity contribution in [3.63, 3.8) is 0 Å². The van der Waals surface area contributed by atoms with Crippen molar-refractivity contribution in [1.82, 2.24) is 0 Å². The molecular formula is C48H35N3S. The molecule has 8 aromatic carbocycles. The van der Waals surface area contributed by atoms with E-state index in [1.807, 2.05) is 17.4 Å². The Morgan fingerprint density at radius 2 is 0.788 bits per heavy atom. The first-order valence-electron chi connectivity index (χ1n) is 17.5. The monoisotopic (exact) mass is 685 g/mol. The van der Waals surface area contributed by atoms with Crippen LogP contribution in [0.4, 0.5) is 45.5 Å². The minimum Gasteiger partial charge on any atom is -0.355 e. The van der Waals surface area contributed by atoms with E-state index in [0.29, 0.717) is 0 Å². The largest absolute Gasteiger partial charge is 0.355 e. The highest BCUT2D eigenvalue weighted by Crippen LogP contribution is 2.44. The predicted molar refractivity (Wildman–Crippen MR) is 224 cm³/mol. The van der Waals surface area contributed by atoms with E-state index in [9.17, 15) is 0 Å². The first-order chi connectivity index (χ1) is 25.8. The second kappa shape index (κ2) is 13.9. The van der Waals surface area contributed by atoms with Crippen molar-refractivity contribution < 1.29 is 0 Å². The highest BCUT2D eigenvalue weighted by Gasteiger charge is 2.19. The lowest BCUT2D eigenvalue weighted by Gasteiger charge is -2.30. The van der Waals surface area contributed by atoms with Crippen LogP contribution in [0.1, 0.15) is 0 Å². The molecule has 9 rings (SSSR count). The molecule has 4 heteroatoms. The summed E-state index contributed by atoms with van der Waals surface area (Å²) in [5, 5.41) is 6.09. The van der Waals surface area contributed by atoms with Crippen molar-refractivity contribution in [1.29, 1.82) is 0 Å². The van der Waals surface area contributed by atoms with Crippen molar-refractivity contribution in [2.75, 3.05) is 15.1 Å². The summed E-state index contributed by atoms with van der Waals surface area (Å²) in [5.74, 6) is 0. The molecule has 0 saturated carbocycles. The van der Waals surface area contributed by atoms with E-state index in [-0.39, 0.29) is 0 Å². The van der Waals surface area contributed by atoms with E-state index < -0.39 is 0 Å². The molecule has 0 bridgehead atoms. The van der Waals surface area contributed by atoms with Crippen LogP contribution in [-0.4, -0.2) is 0 Å². The zero-order valence-electron chi connectivity index (χ0n) is 28.4. The van der Waals surface area contributed by atoms with Crippen molar-refractivity contribution in [2.45, 2.75) is 0 Å². The van der Waals surface area contributed by atoms with Gasteiger partial charge in [-0.05, 0) is 114 Å². The Labute approximate surface area is 308 Å². The molecule has 0 amide bonds. The maximum Gasteiger partial charge on any atom is 0.0488 e. The maximum atomic E-state index is 3.56. The van der Waals surface area contributed by atoms with Crippen molar-refractivity contribution >= 4 is 77.0 Å². The Balaban J connectivity index is 1.23. The lowest BCUT2D eigenvalue weighted by Crippen LogP contribution is -2.13. The minimum absolute atomic E-state index is 1.08. The summed E-state index contributed by atoms with van der Waals surface area (Å²) in [7, 11) is 0. The van der Waals surface area contributed by atoms with Gasteiger partial charge in [0, 0.05) is 65.7 Å². The molecule has 0 aliphatic rings. The number of nitrogens with one attached hydrogen (secondary N) is 1. The van der Waals surface area contributed by atoms with Gasteiger partial charge in [-0.25, -0.2) is 0 Å². The molecule has 52 heavy (non-hydrogen) atoms. The van der Waals surface area contributed by atoms with Gasteiger partial charge in [-0.2, -0.15) is 0 Å². The van der Waals surface area contributed by atoms with Crippen LogP contribution in [0.25, 0.3) is 31.3 Å². The SMILES string of the molecule is c1ccc(Nc2ccc3c(c2)sc2ccc(-c4cc(N(c5ccccc5)c5ccccc5)cc(N(c5ccccc5)c5ccccc5)c4)cc23)cc1. The van der Waals surface area contributed by atoms with Gasteiger partial charge < -0.3 is 15.1 Å². The molecule has 0 radical (unpaired) electrons. The van der Waals surface area contributed by atoms with E-state index >= 15 is 0 Å². The summed E-state index contributed by atoms with van der Waals surface area (Å²) in [6.07, 6.45) is 0. The van der Waals surface area contributed by atoms with Gasteiger partial charge in [0.05, 0.1) is 0 Å². The molecule has 0 atom stereocenters. The van der Waals surface area contributed by atoms with Crippen molar-refractivity contribution in [2.24, 2.45) is 0 Å². The fraction of sp³-hybridized carbons (Fsp3) is 0. The number of benzene rings is 8. The van der Waals surface area contributed by atoms with Gasteiger partial charge in [0.2, 0.25) is 0 Å². The molecule has 0 aliphatic carbocycles. The molecule has 0 aliphatic heterocycles. The maximum absolute atomic E-state index is 3.56. The Morgan fingerprint density at radius 1 is 0.308 bits per heavy atom. The first kappa shape index (κ1) is 31.4. The summed E-state index contributed by atoms with van der Waals surface area (Å²) in [6.45, 7) is 0. The quantitative estimate of drug-likeness (QED) is 0.163. The molecule has 0 saturated heterocycles. The summed E-state index contributed by atoms with van der Waals surface area (Å²) in [5.41, 5.74) is 11.0. The van der Waals surface area contributed by atoms with Crippen molar-refractivity contribution in [3.05, 3.63) is 206 Å². The molecular weight excluding hydrogens is 651 g/mol. The number of hydrogen-bond donors (Lipinski definition) is 1. The van der Waals surface area contributed by atoms with Gasteiger partial charge in [0.25, 0.3) is 0 Å². The fourth-order valence-corrected chi connectivity index (χ4v) is 8.07. The van der Waals surface area contributed by atoms with Crippen LogP contribution in [0, 0.1) is 0 Å². The topological polar surface area (TPSA) is 18.5 Å². The summed E-state index contributed by atoms with van der Waals surface area (Å²) in [6, 6.07) is 73.5. The minimum atomic E-state index is 1.08. The number of thiophene rings is 1. The lowest BCUT2D eigenvalue weighted by molar-refractivity contribution is 1.25. The zero-order valence-corrected chi connectivity index (χ0v) is 29.2. The van der Waals surface area contributed by atoms with Crippen LogP contribution in [0.5, 0.6) is 0 Å². The average molecular weight is 686 g/mol. The van der Waals surface area contributed by atoms with E-state index in [1.54, 1.807) is 0 Å². The molecule has 0 unspecified atom stereocenters. The third-order valence-electron chi connectivity index (χ3n) is 9.34. The number of hydrogen-bond acceptors (Lipinski definition) is 4. The molecule has 1 N–H and O–H groups in total. The van der Waals surface area contributed by atoms with Gasteiger partial charge in [-0.1, -0.05) is 103 Å². The van der Waals surface area contributed by atoms with Crippen molar-refractivity contribution in [3.8, 4) is 11.1 Å². The van der Waals surface area contributed by atoms with Gasteiger partial charge >= 0.3 is 0 Å². The van der Waals surface area contributed by atoms with Crippen LogP contribution in [0.2, 0.25) is 0 Å². The van der Waals surface area contributed by atoms with E-state index in [1.165, 1.54) is 25.7 Å². The van der Waals surface area contributed by atoms with Crippen LogP contribution >= 0.6 is 11.3 Å². The third-order valence-corrected chi connectivity index (χ3v) is 10.5. The smallest absolute Gasteiger partial charge is 0.0488 e. The third kappa shape index (κ3) is 6.28. The molecule has 248 valence electrons. The van der Waals surface area contributed by atoms with Gasteiger partial charge in [0.1, 0.15) is 0 Å². The highest BCUT2D eigenvalue weighted by atomic mass is 32.1. The fourth-order valence-electron chi connectivity index (χ4n) is 6.95. The highest BCUT2D eigenvalue weighted by molar-refractivity contribution is 7.25. The normalized spacial score (nSPS) is 11.1. The lowest BCUT2D eigenvalue weighted by atomic mass is 10.00. The molecule has 0 fully saturated rings. The summed E-state index contributed by atoms with van der Waals surface area (Å²) in [4.78, 5) is 4.70. The Kier molecular flexibility index (Phi) is 8.41. The second-order valence-corrected chi connectivity index (χ2v) is 13.8. The van der Waals surface area contributed by atoms with Crippen LogP contribution in [0.15, 0.2) is 206 Å². The standard InChI is InChI=1S/C48H35N3S/c1-6-16-37(17-7-1)49-38-27-28-45-46-32-35(26-29-47(46)52-48(45)33-38)36-30-43(50(39-18-8-2-9-19-39)40-20-10-3-11-21-40)34-44(31-36)51(41-22-12-4-13-23-41)42-24-14-5-15-25-42/h1-34,49H. The number of nitrogens with zero attached hydrogens (tertiary/aromatic N) is 2.